The first-order chi connectivity index (χ1) is 10.7. The molecule has 2 atom stereocenters. The van der Waals surface area contributed by atoms with E-state index in [1.165, 1.54) is 0 Å². The van der Waals surface area contributed by atoms with E-state index in [0.29, 0.717) is 24.3 Å². The van der Waals surface area contributed by atoms with E-state index in [-0.39, 0.29) is 0 Å². The largest absolute Gasteiger partial charge is 0.496 e. The summed E-state index contributed by atoms with van der Waals surface area (Å²) in [4.78, 5) is 0. The minimum absolute atomic E-state index is 0.414. The van der Waals surface area contributed by atoms with Crippen LogP contribution in [-0.4, -0.2) is 24.4 Å². The van der Waals surface area contributed by atoms with Gasteiger partial charge in [0, 0.05) is 24.0 Å². The van der Waals surface area contributed by atoms with Gasteiger partial charge in [0.2, 0.25) is 0 Å². The molecule has 0 amide bonds. The number of hydrogen-bond acceptors (Lipinski definition) is 4. The quantitative estimate of drug-likeness (QED) is 0.895. The number of aliphatic hydroxyl groups excluding tert-OH is 2. The lowest BCUT2D eigenvalue weighted by atomic mass is 9.85. The molecular formula is C18H20O4. The predicted octanol–water partition coefficient (Wildman–Crippen LogP) is 2.57. The van der Waals surface area contributed by atoms with E-state index < -0.39 is 12.2 Å². The Morgan fingerprint density at radius 3 is 1.55 bits per heavy atom. The second-order valence-corrected chi connectivity index (χ2v) is 5.51. The van der Waals surface area contributed by atoms with Crippen LogP contribution >= 0.6 is 0 Å². The molecule has 0 aromatic heterocycles. The average Bonchev–Trinajstić information content (AvgIpc) is 2.52. The van der Waals surface area contributed by atoms with Crippen molar-refractivity contribution in [3.05, 3.63) is 58.7 Å². The molecule has 0 heterocycles. The first-order valence-corrected chi connectivity index (χ1v) is 7.33. The molecule has 0 fully saturated rings. The highest BCUT2D eigenvalue weighted by atomic mass is 16.5. The summed E-state index contributed by atoms with van der Waals surface area (Å²) in [5.41, 5.74) is 3.32. The molecule has 0 saturated carbocycles. The van der Waals surface area contributed by atoms with Gasteiger partial charge in [-0.05, 0) is 23.3 Å². The van der Waals surface area contributed by atoms with Crippen LogP contribution in [0.2, 0.25) is 0 Å². The zero-order chi connectivity index (χ0) is 15.7. The van der Waals surface area contributed by atoms with Crippen molar-refractivity contribution in [2.45, 2.75) is 25.0 Å². The molecule has 116 valence electrons. The molecule has 2 aromatic carbocycles. The second kappa shape index (κ2) is 5.99. The fourth-order valence-electron chi connectivity index (χ4n) is 3.27. The van der Waals surface area contributed by atoms with Crippen molar-refractivity contribution < 1.29 is 19.7 Å². The summed E-state index contributed by atoms with van der Waals surface area (Å²) < 4.78 is 10.8. The van der Waals surface area contributed by atoms with Crippen molar-refractivity contribution in [3.8, 4) is 11.5 Å². The Hall–Kier alpha value is -2.04. The second-order valence-electron chi connectivity index (χ2n) is 5.51. The third-order valence-corrected chi connectivity index (χ3v) is 4.25. The van der Waals surface area contributed by atoms with Gasteiger partial charge in [0.1, 0.15) is 11.5 Å². The summed E-state index contributed by atoms with van der Waals surface area (Å²) in [6, 6.07) is 11.3. The fraction of sp³-hybridized carbons (Fsp3) is 0.333. The van der Waals surface area contributed by atoms with E-state index in [0.717, 1.165) is 22.3 Å². The molecule has 0 spiro atoms. The number of fused-ring (bicyclic) bond motifs is 2. The average molecular weight is 300 g/mol. The van der Waals surface area contributed by atoms with Crippen molar-refractivity contribution >= 4 is 0 Å². The minimum Gasteiger partial charge on any atom is -0.496 e. The van der Waals surface area contributed by atoms with Crippen molar-refractivity contribution in [2.24, 2.45) is 0 Å². The van der Waals surface area contributed by atoms with Crippen molar-refractivity contribution in [3.63, 3.8) is 0 Å². The van der Waals surface area contributed by atoms with E-state index in [1.54, 1.807) is 14.2 Å². The monoisotopic (exact) mass is 300 g/mol. The summed E-state index contributed by atoms with van der Waals surface area (Å²) in [5.74, 6) is 1.31. The van der Waals surface area contributed by atoms with Crippen LogP contribution in [0.15, 0.2) is 36.4 Å². The fourth-order valence-corrected chi connectivity index (χ4v) is 3.27. The number of rotatable bonds is 2. The molecule has 3 rings (SSSR count). The Balaban J connectivity index is 2.14. The van der Waals surface area contributed by atoms with Gasteiger partial charge in [0.15, 0.2) is 0 Å². The first-order valence-electron chi connectivity index (χ1n) is 7.33. The number of ether oxygens (including phenoxy) is 2. The molecule has 22 heavy (non-hydrogen) atoms. The lowest BCUT2D eigenvalue weighted by Gasteiger charge is -2.27. The molecule has 2 N–H and O–H groups in total. The van der Waals surface area contributed by atoms with Crippen LogP contribution in [0, 0.1) is 0 Å². The summed E-state index contributed by atoms with van der Waals surface area (Å²) in [6.45, 7) is 0. The predicted molar refractivity (Wildman–Crippen MR) is 83.3 cm³/mol. The Morgan fingerprint density at radius 2 is 1.18 bits per heavy atom. The smallest absolute Gasteiger partial charge is 0.124 e. The minimum atomic E-state index is -0.676. The third kappa shape index (κ3) is 2.45. The summed E-state index contributed by atoms with van der Waals surface area (Å²) in [6.07, 6.45) is -0.525. The van der Waals surface area contributed by atoms with Crippen LogP contribution in [0.25, 0.3) is 0 Å². The Bertz CT molecular complexity index is 621. The van der Waals surface area contributed by atoms with Crippen molar-refractivity contribution in [1.29, 1.82) is 0 Å². The number of hydrogen-bond donors (Lipinski definition) is 2. The summed E-state index contributed by atoms with van der Waals surface area (Å²) in [7, 11) is 3.18. The maximum Gasteiger partial charge on any atom is 0.124 e. The van der Waals surface area contributed by atoms with Gasteiger partial charge in [-0.25, -0.2) is 0 Å². The highest BCUT2D eigenvalue weighted by Gasteiger charge is 2.27. The van der Waals surface area contributed by atoms with E-state index in [1.807, 2.05) is 36.4 Å². The summed E-state index contributed by atoms with van der Waals surface area (Å²) >= 11 is 0. The van der Waals surface area contributed by atoms with E-state index in [9.17, 15) is 10.2 Å². The molecule has 0 bridgehead atoms. The molecule has 0 unspecified atom stereocenters. The molecule has 1 aliphatic carbocycles. The maximum atomic E-state index is 10.7. The van der Waals surface area contributed by atoms with Crippen LogP contribution in [0.1, 0.15) is 34.5 Å². The van der Waals surface area contributed by atoms with Gasteiger partial charge in [-0.1, -0.05) is 24.3 Å². The first kappa shape index (κ1) is 14.9. The molecule has 0 saturated heterocycles. The Labute approximate surface area is 129 Å². The molecule has 1 aliphatic rings. The van der Waals surface area contributed by atoms with Gasteiger partial charge in [-0.15, -0.1) is 0 Å². The van der Waals surface area contributed by atoms with E-state index >= 15 is 0 Å². The molecule has 0 aliphatic heterocycles. The van der Waals surface area contributed by atoms with Gasteiger partial charge < -0.3 is 19.7 Å². The zero-order valence-electron chi connectivity index (χ0n) is 12.7. The van der Waals surface area contributed by atoms with Crippen LogP contribution in [0.5, 0.6) is 11.5 Å². The lowest BCUT2D eigenvalue weighted by Crippen LogP contribution is -2.17. The molecule has 4 heteroatoms. The third-order valence-electron chi connectivity index (χ3n) is 4.25. The number of benzene rings is 2. The molecule has 2 aromatic rings. The van der Waals surface area contributed by atoms with Gasteiger partial charge in [-0.2, -0.15) is 0 Å². The summed E-state index contributed by atoms with van der Waals surface area (Å²) in [5, 5.41) is 21.3. The Morgan fingerprint density at radius 1 is 0.773 bits per heavy atom. The topological polar surface area (TPSA) is 58.9 Å². The van der Waals surface area contributed by atoms with Gasteiger partial charge >= 0.3 is 0 Å². The zero-order valence-corrected chi connectivity index (χ0v) is 12.7. The Kier molecular flexibility index (Phi) is 4.05. The normalized spacial score (nSPS) is 20.4. The molecule has 0 radical (unpaired) electrons. The highest BCUT2D eigenvalue weighted by Crippen LogP contribution is 2.40. The van der Waals surface area contributed by atoms with Gasteiger partial charge in [0.05, 0.1) is 26.4 Å². The number of aliphatic hydroxyl groups is 2. The standard InChI is InChI=1S/C18H20O4/c1-21-15-7-3-5-11-9-14(20)18-12(10-13(19)17(11)15)6-4-8-16(18)22-2/h3-8,13-14,19-20H,9-10H2,1-2H3/t13-,14-/m1/s1. The maximum absolute atomic E-state index is 10.7. The van der Waals surface area contributed by atoms with E-state index in [4.69, 9.17) is 9.47 Å². The van der Waals surface area contributed by atoms with Gasteiger partial charge in [-0.3, -0.25) is 0 Å². The SMILES string of the molecule is COc1cccc2c1[C@H](O)Cc1cccc(OC)c1[C@H](O)C2. The van der Waals surface area contributed by atoms with Crippen molar-refractivity contribution in [2.75, 3.05) is 14.2 Å². The van der Waals surface area contributed by atoms with Crippen LogP contribution in [0.4, 0.5) is 0 Å². The van der Waals surface area contributed by atoms with Crippen molar-refractivity contribution in [1.82, 2.24) is 0 Å². The molecular weight excluding hydrogens is 280 g/mol. The molecule has 4 nitrogen and oxygen atoms in total. The van der Waals surface area contributed by atoms with Crippen LogP contribution < -0.4 is 9.47 Å². The van der Waals surface area contributed by atoms with E-state index in [2.05, 4.69) is 0 Å². The lowest BCUT2D eigenvalue weighted by molar-refractivity contribution is 0.149. The number of methoxy groups -OCH3 is 2. The van der Waals surface area contributed by atoms with Gasteiger partial charge in [0.25, 0.3) is 0 Å². The highest BCUT2D eigenvalue weighted by molar-refractivity contribution is 5.49. The van der Waals surface area contributed by atoms with Crippen LogP contribution in [0.3, 0.4) is 0 Å². The van der Waals surface area contributed by atoms with Crippen LogP contribution in [-0.2, 0) is 12.8 Å².